The van der Waals surface area contributed by atoms with Crippen molar-refractivity contribution < 1.29 is 9.59 Å². The molecule has 2 N–H and O–H groups in total. The van der Waals surface area contributed by atoms with E-state index in [1.165, 1.54) is 17.6 Å². The summed E-state index contributed by atoms with van der Waals surface area (Å²) in [5.74, 6) is -0.897. The minimum absolute atomic E-state index is 0.103. The zero-order chi connectivity index (χ0) is 21.2. The number of allylic oxidation sites excluding steroid dienone is 1. The van der Waals surface area contributed by atoms with Gasteiger partial charge in [0.2, 0.25) is 0 Å². The number of carbonyl (C=O) groups excluding carboxylic acids is 2. The summed E-state index contributed by atoms with van der Waals surface area (Å²) in [6, 6.07) is 22.1. The van der Waals surface area contributed by atoms with Crippen molar-refractivity contribution in [3.8, 4) is 0 Å². The third-order valence-corrected chi connectivity index (χ3v) is 5.07. The van der Waals surface area contributed by atoms with Gasteiger partial charge in [0, 0.05) is 14.9 Å². The number of nitrogens with zero attached hydrogens (tertiary/aromatic N) is 1. The van der Waals surface area contributed by atoms with Crippen molar-refractivity contribution in [3.63, 3.8) is 0 Å². The summed E-state index contributed by atoms with van der Waals surface area (Å²) in [5, 5.41) is 8.53. The molecule has 1 heterocycles. The summed E-state index contributed by atoms with van der Waals surface area (Å²) in [5.41, 5.74) is 4.01. The summed E-state index contributed by atoms with van der Waals surface area (Å²) in [7, 11) is 0. The number of halogens is 1. The van der Waals surface area contributed by atoms with Gasteiger partial charge < -0.3 is 5.32 Å². The molecule has 30 heavy (non-hydrogen) atoms. The van der Waals surface area contributed by atoms with Gasteiger partial charge in [-0.3, -0.25) is 9.59 Å². The lowest BCUT2D eigenvalue weighted by Crippen LogP contribution is -2.32. The smallest absolute Gasteiger partial charge is 0.287 e. The Morgan fingerprint density at radius 1 is 0.900 bits per heavy atom. The molecule has 2 aromatic carbocycles. The van der Waals surface area contributed by atoms with E-state index >= 15 is 0 Å². The molecule has 0 aliphatic rings. The third kappa shape index (κ3) is 6.65. The fourth-order valence-corrected chi connectivity index (χ4v) is 3.44. The highest BCUT2D eigenvalue weighted by atomic mass is 79.9. The van der Waals surface area contributed by atoms with Gasteiger partial charge in [-0.25, -0.2) is 5.43 Å². The highest BCUT2D eigenvalue weighted by Crippen LogP contribution is 2.13. The average Bonchev–Trinajstić information content (AvgIpc) is 3.27. The van der Waals surface area contributed by atoms with Crippen LogP contribution in [0.1, 0.15) is 20.8 Å². The van der Waals surface area contributed by atoms with Crippen LogP contribution in [0, 0.1) is 0 Å². The Hall–Kier alpha value is -3.29. The van der Waals surface area contributed by atoms with E-state index in [0.717, 1.165) is 10.4 Å². The molecule has 7 heteroatoms. The zero-order valence-corrected chi connectivity index (χ0v) is 18.2. The number of nitrogens with one attached hydrogen (secondary N) is 2. The molecule has 0 aliphatic heterocycles. The average molecular weight is 480 g/mol. The van der Waals surface area contributed by atoms with Gasteiger partial charge in [-0.1, -0.05) is 54.6 Å². The summed E-state index contributed by atoms with van der Waals surface area (Å²) < 4.78 is 0.686. The number of hydrogen-bond acceptors (Lipinski definition) is 4. The molecule has 0 aliphatic carbocycles. The maximum Gasteiger partial charge on any atom is 0.287 e. The lowest BCUT2D eigenvalue weighted by Gasteiger charge is -2.08. The van der Waals surface area contributed by atoms with Crippen molar-refractivity contribution in [1.29, 1.82) is 0 Å². The third-order valence-electron chi connectivity index (χ3n) is 3.82. The molecule has 0 radical (unpaired) electrons. The van der Waals surface area contributed by atoms with Gasteiger partial charge in [0.15, 0.2) is 0 Å². The number of carbonyl (C=O) groups is 2. The molecule has 2 amide bonds. The number of hydrazone groups is 1. The van der Waals surface area contributed by atoms with Crippen molar-refractivity contribution in [2.24, 2.45) is 5.10 Å². The Bertz CT molecular complexity index is 1080. The van der Waals surface area contributed by atoms with Gasteiger partial charge in [0.05, 0.1) is 6.21 Å². The van der Waals surface area contributed by atoms with E-state index in [0.29, 0.717) is 10.0 Å². The fourth-order valence-electron chi connectivity index (χ4n) is 2.42. The minimum atomic E-state index is -0.524. The number of hydrogen-bond donors (Lipinski definition) is 2. The number of thiophene rings is 1. The van der Waals surface area contributed by atoms with Crippen LogP contribution in [0.5, 0.6) is 0 Å². The quantitative estimate of drug-likeness (QED) is 0.282. The van der Waals surface area contributed by atoms with Crippen molar-refractivity contribution in [2.45, 2.75) is 0 Å². The Balaban J connectivity index is 1.71. The molecule has 0 fully saturated rings. The molecule has 1 aromatic heterocycles. The van der Waals surface area contributed by atoms with E-state index < -0.39 is 5.91 Å². The molecule has 0 spiro atoms. The van der Waals surface area contributed by atoms with Crippen molar-refractivity contribution in [3.05, 3.63) is 104 Å². The molecular formula is C23H18BrN3O2S. The van der Waals surface area contributed by atoms with Gasteiger partial charge >= 0.3 is 0 Å². The van der Waals surface area contributed by atoms with Crippen LogP contribution < -0.4 is 10.7 Å². The summed E-state index contributed by atoms with van der Waals surface area (Å²) >= 11 is 4.86. The molecular weight excluding hydrogens is 462 g/mol. The molecule has 0 saturated carbocycles. The maximum absolute atomic E-state index is 12.6. The minimum Gasteiger partial charge on any atom is -0.317 e. The van der Waals surface area contributed by atoms with E-state index in [1.54, 1.807) is 30.3 Å². The standard InChI is InChI=1S/C23H18BrN3O2S/c24-19(14-17-8-3-1-4-9-17)16-25-27-23(29)21(15-20-12-7-13-30-20)26-22(28)18-10-5-2-6-11-18/h1-16H,(H,26,28)(H,27,29)/b19-14-,21-15-,25-16?. The van der Waals surface area contributed by atoms with Crippen LogP contribution in [-0.2, 0) is 4.79 Å². The maximum atomic E-state index is 12.6. The first-order valence-electron chi connectivity index (χ1n) is 8.99. The molecule has 0 atom stereocenters. The van der Waals surface area contributed by atoms with Crippen LogP contribution in [0.2, 0.25) is 0 Å². The van der Waals surface area contributed by atoms with E-state index in [2.05, 4.69) is 31.8 Å². The molecule has 0 bridgehead atoms. The van der Waals surface area contributed by atoms with Crippen molar-refractivity contribution in [2.75, 3.05) is 0 Å². The Morgan fingerprint density at radius 3 is 2.27 bits per heavy atom. The van der Waals surface area contributed by atoms with E-state index in [9.17, 15) is 9.59 Å². The Kier molecular flexibility index (Phi) is 7.88. The topological polar surface area (TPSA) is 70.6 Å². The zero-order valence-electron chi connectivity index (χ0n) is 15.8. The molecule has 3 aromatic rings. The van der Waals surface area contributed by atoms with Crippen molar-refractivity contribution in [1.82, 2.24) is 10.7 Å². The first kappa shape index (κ1) is 21.4. The van der Waals surface area contributed by atoms with E-state index in [1.807, 2.05) is 60.0 Å². The molecule has 150 valence electrons. The lowest BCUT2D eigenvalue weighted by molar-refractivity contribution is -0.117. The van der Waals surface area contributed by atoms with Crippen LogP contribution in [0.15, 0.2) is 93.5 Å². The van der Waals surface area contributed by atoms with Gasteiger partial charge in [0.25, 0.3) is 11.8 Å². The fraction of sp³-hybridized carbons (Fsp3) is 0. The lowest BCUT2D eigenvalue weighted by atomic mass is 10.2. The highest BCUT2D eigenvalue weighted by molar-refractivity contribution is 9.12. The van der Waals surface area contributed by atoms with E-state index in [4.69, 9.17) is 0 Å². The number of amides is 2. The first-order chi connectivity index (χ1) is 14.6. The first-order valence-corrected chi connectivity index (χ1v) is 10.7. The normalized spacial score (nSPS) is 12.0. The van der Waals surface area contributed by atoms with Crippen LogP contribution in [0.3, 0.4) is 0 Å². The largest absolute Gasteiger partial charge is 0.317 e. The molecule has 0 unspecified atom stereocenters. The molecule has 0 saturated heterocycles. The monoisotopic (exact) mass is 479 g/mol. The Morgan fingerprint density at radius 2 is 1.60 bits per heavy atom. The predicted molar refractivity (Wildman–Crippen MR) is 126 cm³/mol. The SMILES string of the molecule is O=C(NN=C/C(Br)=C/c1ccccc1)/C(=C/c1cccs1)NC(=O)c1ccccc1. The van der Waals surface area contributed by atoms with Crippen LogP contribution >= 0.6 is 27.3 Å². The van der Waals surface area contributed by atoms with Gasteiger partial charge in [-0.2, -0.15) is 5.10 Å². The number of benzene rings is 2. The van der Waals surface area contributed by atoms with E-state index in [-0.39, 0.29) is 11.6 Å². The molecule has 3 rings (SSSR count). The van der Waals surface area contributed by atoms with Crippen LogP contribution in [0.25, 0.3) is 12.2 Å². The van der Waals surface area contributed by atoms with Gasteiger partial charge in [-0.05, 0) is 57.2 Å². The van der Waals surface area contributed by atoms with Crippen LogP contribution in [0.4, 0.5) is 0 Å². The van der Waals surface area contributed by atoms with Gasteiger partial charge in [0.1, 0.15) is 5.70 Å². The second-order valence-corrected chi connectivity index (χ2v) is 7.93. The Labute approximate surface area is 187 Å². The predicted octanol–water partition coefficient (Wildman–Crippen LogP) is 5.06. The number of rotatable bonds is 7. The molecule has 5 nitrogen and oxygen atoms in total. The second-order valence-electron chi connectivity index (χ2n) is 6.03. The van der Waals surface area contributed by atoms with Crippen LogP contribution in [-0.4, -0.2) is 18.0 Å². The summed E-state index contributed by atoms with van der Waals surface area (Å²) in [6.45, 7) is 0. The van der Waals surface area contributed by atoms with Crippen molar-refractivity contribution >= 4 is 57.4 Å². The second kappa shape index (κ2) is 11.0. The summed E-state index contributed by atoms with van der Waals surface area (Å²) in [6.07, 6.45) is 4.97. The highest BCUT2D eigenvalue weighted by Gasteiger charge is 2.14. The van der Waals surface area contributed by atoms with Gasteiger partial charge in [-0.15, -0.1) is 11.3 Å². The summed E-state index contributed by atoms with van der Waals surface area (Å²) in [4.78, 5) is 26.0.